The first-order chi connectivity index (χ1) is 7.96. The monoisotopic (exact) mass is 238 g/mol. The van der Waals surface area contributed by atoms with Crippen molar-refractivity contribution in [2.24, 2.45) is 5.41 Å². The summed E-state index contributed by atoms with van der Waals surface area (Å²) in [5.41, 5.74) is -0.334. The molecule has 1 fully saturated rings. The van der Waals surface area contributed by atoms with Crippen LogP contribution in [-0.4, -0.2) is 36.5 Å². The zero-order chi connectivity index (χ0) is 12.9. The van der Waals surface area contributed by atoms with Gasteiger partial charge in [0.1, 0.15) is 13.2 Å². The number of rotatable bonds is 5. The molecule has 0 aromatic heterocycles. The maximum Gasteiger partial charge on any atom is 0.255 e. The lowest BCUT2D eigenvalue weighted by Crippen LogP contribution is -2.46. The van der Waals surface area contributed by atoms with Gasteiger partial charge >= 0.3 is 0 Å². The van der Waals surface area contributed by atoms with Crippen LogP contribution in [-0.2, 0) is 14.3 Å². The van der Waals surface area contributed by atoms with Crippen molar-refractivity contribution in [2.45, 2.75) is 33.1 Å². The molecule has 17 heavy (non-hydrogen) atoms. The second kappa shape index (κ2) is 5.78. The van der Waals surface area contributed by atoms with Crippen LogP contribution in [0, 0.1) is 16.7 Å². The first-order valence-electron chi connectivity index (χ1n) is 5.78. The van der Waals surface area contributed by atoms with Gasteiger partial charge in [0.05, 0.1) is 11.5 Å². The van der Waals surface area contributed by atoms with Gasteiger partial charge in [-0.15, -0.1) is 0 Å². The summed E-state index contributed by atoms with van der Waals surface area (Å²) in [6, 6.07) is 2.23. The highest BCUT2D eigenvalue weighted by atomic mass is 16.5. The fourth-order valence-electron chi connectivity index (χ4n) is 1.66. The third kappa shape index (κ3) is 4.16. The molecule has 0 unspecified atom stereocenters. The molecule has 1 heterocycles. The summed E-state index contributed by atoms with van der Waals surface area (Å²) in [5.74, 6) is -0.526. The quantitative estimate of drug-likeness (QED) is 0.531. The van der Waals surface area contributed by atoms with Crippen molar-refractivity contribution in [2.75, 3.05) is 19.8 Å². The van der Waals surface area contributed by atoms with E-state index in [4.69, 9.17) is 10.00 Å². The van der Waals surface area contributed by atoms with E-state index >= 15 is 0 Å². The highest BCUT2D eigenvalue weighted by molar-refractivity contribution is 5.98. The van der Waals surface area contributed by atoms with Crippen molar-refractivity contribution < 1.29 is 14.3 Å². The van der Waals surface area contributed by atoms with Crippen LogP contribution in [0.4, 0.5) is 0 Å². The summed E-state index contributed by atoms with van der Waals surface area (Å²) in [7, 11) is 0. The molecule has 0 atom stereocenters. The van der Waals surface area contributed by atoms with Crippen molar-refractivity contribution in [3.8, 4) is 6.07 Å². The Labute approximate surface area is 101 Å². The fourth-order valence-corrected chi connectivity index (χ4v) is 1.66. The van der Waals surface area contributed by atoms with Gasteiger partial charge in [0.2, 0.25) is 0 Å². The van der Waals surface area contributed by atoms with Gasteiger partial charge in [-0.05, 0) is 26.7 Å². The molecule has 0 aliphatic carbocycles. The summed E-state index contributed by atoms with van der Waals surface area (Å²) in [5, 5.41) is 8.84. The van der Waals surface area contributed by atoms with E-state index < -0.39 is 0 Å². The molecule has 0 saturated carbocycles. The van der Waals surface area contributed by atoms with Crippen molar-refractivity contribution in [3.05, 3.63) is 0 Å². The normalized spacial score (nSPS) is 17.1. The maximum atomic E-state index is 11.4. The number of carbonyl (C=O) groups is 2. The molecule has 1 rings (SSSR count). The number of hydrogen-bond donors (Lipinski definition) is 0. The Morgan fingerprint density at radius 2 is 1.88 bits per heavy atom. The number of amides is 2. The zero-order valence-electron chi connectivity index (χ0n) is 10.4. The van der Waals surface area contributed by atoms with Crippen molar-refractivity contribution >= 4 is 11.8 Å². The fraction of sp³-hybridized carbons (Fsp3) is 0.750. The minimum atomic E-state index is -0.334. The largest absolute Gasteiger partial charge is 0.362 e. The molecule has 0 bridgehead atoms. The van der Waals surface area contributed by atoms with Gasteiger partial charge in [0.15, 0.2) is 0 Å². The van der Waals surface area contributed by atoms with Crippen LogP contribution in [0.3, 0.4) is 0 Å². The van der Waals surface area contributed by atoms with Crippen molar-refractivity contribution in [1.29, 1.82) is 5.26 Å². The number of nitriles is 1. The van der Waals surface area contributed by atoms with E-state index in [-0.39, 0.29) is 30.4 Å². The lowest BCUT2D eigenvalue weighted by Gasteiger charge is -2.25. The number of ether oxygens (including phenoxy) is 1. The van der Waals surface area contributed by atoms with Gasteiger partial charge in [0, 0.05) is 6.54 Å². The summed E-state index contributed by atoms with van der Waals surface area (Å²) >= 11 is 0. The van der Waals surface area contributed by atoms with E-state index in [0.29, 0.717) is 6.54 Å². The van der Waals surface area contributed by atoms with Crippen LogP contribution < -0.4 is 0 Å². The molecule has 1 aliphatic rings. The number of imide groups is 1. The molecule has 2 amide bonds. The molecule has 94 valence electrons. The van der Waals surface area contributed by atoms with Crippen LogP contribution in [0.15, 0.2) is 0 Å². The molecular weight excluding hydrogens is 220 g/mol. The topological polar surface area (TPSA) is 70.4 Å². The predicted molar refractivity (Wildman–Crippen MR) is 60.8 cm³/mol. The molecule has 5 nitrogen and oxygen atoms in total. The Hall–Kier alpha value is -1.41. The van der Waals surface area contributed by atoms with E-state index in [9.17, 15) is 9.59 Å². The summed E-state index contributed by atoms with van der Waals surface area (Å²) < 4.78 is 4.82. The molecule has 0 aromatic carbocycles. The third-order valence-corrected chi connectivity index (χ3v) is 2.79. The average Bonchev–Trinajstić information content (AvgIpc) is 2.27. The molecule has 1 saturated heterocycles. The Kier molecular flexibility index (Phi) is 4.64. The van der Waals surface area contributed by atoms with Crippen molar-refractivity contribution in [3.63, 3.8) is 0 Å². The zero-order valence-corrected chi connectivity index (χ0v) is 10.4. The second-order valence-electron chi connectivity index (χ2n) is 4.88. The van der Waals surface area contributed by atoms with Gasteiger partial charge < -0.3 is 4.74 Å². The van der Waals surface area contributed by atoms with Gasteiger partial charge in [-0.3, -0.25) is 14.5 Å². The van der Waals surface area contributed by atoms with Crippen LogP contribution in [0.1, 0.15) is 33.1 Å². The van der Waals surface area contributed by atoms with Crippen molar-refractivity contribution in [1.82, 2.24) is 4.90 Å². The van der Waals surface area contributed by atoms with E-state index in [0.717, 1.165) is 19.3 Å². The molecule has 0 aromatic rings. The van der Waals surface area contributed by atoms with E-state index in [2.05, 4.69) is 6.07 Å². The van der Waals surface area contributed by atoms with E-state index in [1.807, 2.05) is 13.8 Å². The SMILES string of the molecule is CC(C)(C#N)CCCCN1C(=O)COCC1=O. The van der Waals surface area contributed by atoms with Gasteiger partial charge in [0.25, 0.3) is 11.8 Å². The Morgan fingerprint density at radius 1 is 1.29 bits per heavy atom. The van der Waals surface area contributed by atoms with Crippen LogP contribution >= 0.6 is 0 Å². The average molecular weight is 238 g/mol. The predicted octanol–water partition coefficient (Wildman–Crippen LogP) is 1.09. The lowest BCUT2D eigenvalue weighted by atomic mass is 9.89. The minimum absolute atomic E-state index is 0.00454. The lowest BCUT2D eigenvalue weighted by molar-refractivity contribution is -0.158. The maximum absolute atomic E-state index is 11.4. The highest BCUT2D eigenvalue weighted by Crippen LogP contribution is 2.21. The second-order valence-corrected chi connectivity index (χ2v) is 4.88. The van der Waals surface area contributed by atoms with Crippen LogP contribution in [0.5, 0.6) is 0 Å². The number of hydrogen-bond acceptors (Lipinski definition) is 4. The summed E-state index contributed by atoms with van der Waals surface area (Å²) in [6.45, 7) is 4.20. The first-order valence-corrected chi connectivity index (χ1v) is 5.78. The molecule has 0 radical (unpaired) electrons. The van der Waals surface area contributed by atoms with Gasteiger partial charge in [-0.25, -0.2) is 0 Å². The number of unbranched alkanes of at least 4 members (excludes halogenated alkanes) is 1. The Balaban J connectivity index is 2.29. The molecule has 0 spiro atoms. The number of carbonyl (C=O) groups excluding carboxylic acids is 2. The van der Waals surface area contributed by atoms with Gasteiger partial charge in [-0.1, -0.05) is 6.42 Å². The summed E-state index contributed by atoms with van der Waals surface area (Å²) in [6.07, 6.45) is 2.34. The number of morpholine rings is 1. The first kappa shape index (κ1) is 13.7. The molecule has 0 N–H and O–H groups in total. The molecule has 5 heteroatoms. The molecule has 1 aliphatic heterocycles. The smallest absolute Gasteiger partial charge is 0.255 e. The van der Waals surface area contributed by atoms with E-state index in [1.54, 1.807) is 0 Å². The number of nitrogens with zero attached hydrogens (tertiary/aromatic N) is 2. The van der Waals surface area contributed by atoms with Crippen LogP contribution in [0.2, 0.25) is 0 Å². The Bertz CT molecular complexity index is 328. The minimum Gasteiger partial charge on any atom is -0.362 e. The third-order valence-electron chi connectivity index (χ3n) is 2.79. The Morgan fingerprint density at radius 3 is 2.41 bits per heavy atom. The van der Waals surface area contributed by atoms with E-state index in [1.165, 1.54) is 4.90 Å². The highest BCUT2D eigenvalue weighted by Gasteiger charge is 2.26. The van der Waals surface area contributed by atoms with Gasteiger partial charge in [-0.2, -0.15) is 5.26 Å². The van der Waals surface area contributed by atoms with Crippen LogP contribution in [0.25, 0.3) is 0 Å². The standard InChI is InChI=1S/C12H18N2O3/c1-12(2,9-13)5-3-4-6-14-10(15)7-17-8-11(14)16/h3-8H2,1-2H3. The summed E-state index contributed by atoms with van der Waals surface area (Å²) in [4.78, 5) is 24.0. The molecular formula is C12H18N2O3.